The van der Waals surface area contributed by atoms with E-state index in [4.69, 9.17) is 0 Å². The van der Waals surface area contributed by atoms with E-state index in [2.05, 4.69) is 27.0 Å². The van der Waals surface area contributed by atoms with Crippen molar-refractivity contribution in [2.24, 2.45) is 0 Å². The van der Waals surface area contributed by atoms with Gasteiger partial charge < -0.3 is 9.88 Å². The van der Waals surface area contributed by atoms with Crippen LogP contribution in [0.15, 0.2) is 78.9 Å². The number of para-hydroxylation sites is 2. The number of carbonyl (C=O) groups excluding carboxylic acids is 1. The third-order valence-electron chi connectivity index (χ3n) is 5.08. The SMILES string of the molecule is O=C(NCc1nc2ccccc2n1CCc1ccccc1)c1ccc(C(F)(F)F)cc1. The van der Waals surface area contributed by atoms with Gasteiger partial charge in [0.2, 0.25) is 0 Å². The van der Waals surface area contributed by atoms with Crippen LogP contribution in [0.2, 0.25) is 0 Å². The molecule has 1 amide bonds. The first kappa shape index (κ1) is 20.7. The van der Waals surface area contributed by atoms with Crippen molar-refractivity contribution in [3.8, 4) is 0 Å². The Kier molecular flexibility index (Phi) is 5.75. The molecule has 0 saturated heterocycles. The summed E-state index contributed by atoms with van der Waals surface area (Å²) in [5.74, 6) is 0.243. The molecule has 0 atom stereocenters. The van der Waals surface area contributed by atoms with Gasteiger partial charge in [0, 0.05) is 12.1 Å². The van der Waals surface area contributed by atoms with Gasteiger partial charge in [0.05, 0.1) is 23.1 Å². The fraction of sp³-hybridized carbons (Fsp3) is 0.167. The summed E-state index contributed by atoms with van der Waals surface area (Å²) in [4.78, 5) is 17.1. The molecule has 4 aromatic rings. The van der Waals surface area contributed by atoms with E-state index in [0.717, 1.165) is 29.6 Å². The number of imidazole rings is 1. The number of carbonyl (C=O) groups is 1. The molecule has 7 heteroatoms. The molecule has 0 saturated carbocycles. The minimum atomic E-state index is -4.43. The van der Waals surface area contributed by atoms with Crippen molar-refractivity contribution in [1.29, 1.82) is 0 Å². The van der Waals surface area contributed by atoms with E-state index in [1.165, 1.54) is 17.7 Å². The number of benzene rings is 3. The maximum absolute atomic E-state index is 12.7. The lowest BCUT2D eigenvalue weighted by molar-refractivity contribution is -0.137. The van der Waals surface area contributed by atoms with Gasteiger partial charge in [-0.25, -0.2) is 4.98 Å². The molecular formula is C24H20F3N3O. The minimum absolute atomic E-state index is 0.167. The highest BCUT2D eigenvalue weighted by molar-refractivity contribution is 5.94. The first-order chi connectivity index (χ1) is 14.9. The lowest BCUT2D eigenvalue weighted by atomic mass is 10.1. The van der Waals surface area contributed by atoms with Crippen LogP contribution in [-0.2, 0) is 25.7 Å². The number of hydrogen-bond donors (Lipinski definition) is 1. The van der Waals surface area contributed by atoms with Crippen LogP contribution in [0.4, 0.5) is 13.2 Å². The highest BCUT2D eigenvalue weighted by Crippen LogP contribution is 2.29. The zero-order chi connectivity index (χ0) is 21.8. The maximum Gasteiger partial charge on any atom is 0.416 e. The standard InChI is InChI=1S/C24H20F3N3O/c25-24(26,27)19-12-10-18(11-13-19)23(31)28-16-22-29-20-8-4-5-9-21(20)30(22)15-14-17-6-2-1-3-7-17/h1-13H,14-16H2,(H,28,31). The Hall–Kier alpha value is -3.61. The molecule has 0 aliphatic heterocycles. The molecule has 0 aliphatic rings. The smallest absolute Gasteiger partial charge is 0.345 e. The van der Waals surface area contributed by atoms with Gasteiger partial charge in [-0.2, -0.15) is 13.2 Å². The molecule has 4 nitrogen and oxygen atoms in total. The second-order valence-electron chi connectivity index (χ2n) is 7.16. The number of nitrogens with zero attached hydrogens (tertiary/aromatic N) is 2. The van der Waals surface area contributed by atoms with Crippen LogP contribution >= 0.6 is 0 Å². The summed E-state index contributed by atoms with van der Waals surface area (Å²) in [6.45, 7) is 0.860. The Balaban J connectivity index is 1.50. The van der Waals surface area contributed by atoms with Crippen molar-refractivity contribution >= 4 is 16.9 Å². The molecule has 0 spiro atoms. The lowest BCUT2D eigenvalue weighted by Gasteiger charge is -2.11. The van der Waals surface area contributed by atoms with Gasteiger partial charge >= 0.3 is 6.18 Å². The summed E-state index contributed by atoms with van der Waals surface area (Å²) >= 11 is 0. The number of amides is 1. The number of halogens is 3. The Labute approximate surface area is 177 Å². The zero-order valence-electron chi connectivity index (χ0n) is 16.6. The van der Waals surface area contributed by atoms with Crippen LogP contribution < -0.4 is 5.32 Å². The van der Waals surface area contributed by atoms with Crippen molar-refractivity contribution in [3.63, 3.8) is 0 Å². The molecule has 1 heterocycles. The van der Waals surface area contributed by atoms with Gasteiger partial charge in [0.15, 0.2) is 0 Å². The van der Waals surface area contributed by atoms with E-state index in [1.807, 2.05) is 42.5 Å². The molecule has 1 aromatic heterocycles. The minimum Gasteiger partial charge on any atom is -0.345 e. The molecule has 0 fully saturated rings. The highest BCUT2D eigenvalue weighted by Gasteiger charge is 2.30. The number of rotatable bonds is 6. The fourth-order valence-electron chi connectivity index (χ4n) is 3.47. The van der Waals surface area contributed by atoms with E-state index in [0.29, 0.717) is 12.4 Å². The number of aryl methyl sites for hydroxylation is 2. The molecule has 158 valence electrons. The van der Waals surface area contributed by atoms with Gasteiger partial charge in [-0.05, 0) is 48.4 Å². The van der Waals surface area contributed by atoms with Crippen molar-refractivity contribution in [2.75, 3.05) is 0 Å². The molecule has 0 aliphatic carbocycles. The van der Waals surface area contributed by atoms with Crippen molar-refractivity contribution in [2.45, 2.75) is 25.7 Å². The first-order valence-electron chi connectivity index (χ1n) is 9.85. The molecule has 4 rings (SSSR count). The van der Waals surface area contributed by atoms with Crippen LogP contribution in [0.25, 0.3) is 11.0 Å². The van der Waals surface area contributed by atoms with Gasteiger partial charge in [0.25, 0.3) is 5.91 Å². The summed E-state index contributed by atoms with van der Waals surface area (Å²) in [6, 6.07) is 22.0. The van der Waals surface area contributed by atoms with Crippen LogP contribution in [0.5, 0.6) is 0 Å². The molecule has 1 N–H and O–H groups in total. The molecule has 0 radical (unpaired) electrons. The van der Waals surface area contributed by atoms with E-state index >= 15 is 0 Å². The summed E-state index contributed by atoms with van der Waals surface area (Å²) in [5.41, 5.74) is 2.37. The monoisotopic (exact) mass is 423 g/mol. The average Bonchev–Trinajstić information content (AvgIpc) is 3.13. The van der Waals surface area contributed by atoms with Crippen LogP contribution in [0, 0.1) is 0 Å². The Morgan fingerprint density at radius 3 is 2.29 bits per heavy atom. The predicted molar refractivity (Wildman–Crippen MR) is 112 cm³/mol. The number of aromatic nitrogens is 2. The summed E-state index contributed by atoms with van der Waals surface area (Å²) in [6.07, 6.45) is -3.63. The molecule has 0 bridgehead atoms. The molecular weight excluding hydrogens is 403 g/mol. The average molecular weight is 423 g/mol. The van der Waals surface area contributed by atoms with E-state index in [1.54, 1.807) is 0 Å². The second-order valence-corrected chi connectivity index (χ2v) is 7.16. The second kappa shape index (κ2) is 8.63. The Morgan fingerprint density at radius 2 is 1.58 bits per heavy atom. The van der Waals surface area contributed by atoms with Crippen LogP contribution in [-0.4, -0.2) is 15.5 Å². The van der Waals surface area contributed by atoms with Crippen molar-refractivity contribution in [3.05, 3.63) is 101 Å². The lowest BCUT2D eigenvalue weighted by Crippen LogP contribution is -2.25. The third kappa shape index (κ3) is 4.77. The van der Waals surface area contributed by atoms with Crippen molar-refractivity contribution in [1.82, 2.24) is 14.9 Å². The highest BCUT2D eigenvalue weighted by atomic mass is 19.4. The maximum atomic E-state index is 12.7. The molecule has 3 aromatic carbocycles. The van der Waals surface area contributed by atoms with Crippen molar-refractivity contribution < 1.29 is 18.0 Å². The zero-order valence-corrected chi connectivity index (χ0v) is 16.6. The van der Waals surface area contributed by atoms with E-state index in [-0.39, 0.29) is 12.1 Å². The number of hydrogen-bond acceptors (Lipinski definition) is 2. The largest absolute Gasteiger partial charge is 0.416 e. The molecule has 31 heavy (non-hydrogen) atoms. The Morgan fingerprint density at radius 1 is 0.903 bits per heavy atom. The summed E-state index contributed by atoms with van der Waals surface area (Å²) in [7, 11) is 0. The summed E-state index contributed by atoms with van der Waals surface area (Å²) < 4.78 is 40.2. The van der Waals surface area contributed by atoms with Gasteiger partial charge in [-0.3, -0.25) is 4.79 Å². The van der Waals surface area contributed by atoms with Gasteiger partial charge in [-0.1, -0.05) is 42.5 Å². The normalized spacial score (nSPS) is 11.6. The van der Waals surface area contributed by atoms with Crippen LogP contribution in [0.1, 0.15) is 27.3 Å². The van der Waals surface area contributed by atoms with E-state index < -0.39 is 17.6 Å². The van der Waals surface area contributed by atoms with E-state index in [9.17, 15) is 18.0 Å². The summed E-state index contributed by atoms with van der Waals surface area (Å²) in [5, 5.41) is 2.77. The number of nitrogens with one attached hydrogen (secondary N) is 1. The van der Waals surface area contributed by atoms with Crippen LogP contribution in [0.3, 0.4) is 0 Å². The predicted octanol–water partition coefficient (Wildman–Crippen LogP) is 5.23. The Bertz CT molecular complexity index is 1180. The molecule has 0 unspecified atom stereocenters. The number of alkyl halides is 3. The third-order valence-corrected chi connectivity index (χ3v) is 5.08. The topological polar surface area (TPSA) is 46.9 Å². The fourth-order valence-corrected chi connectivity index (χ4v) is 3.47. The van der Waals surface area contributed by atoms with Gasteiger partial charge in [-0.15, -0.1) is 0 Å². The first-order valence-corrected chi connectivity index (χ1v) is 9.85. The number of fused-ring (bicyclic) bond motifs is 1. The quantitative estimate of drug-likeness (QED) is 0.462. The van der Waals surface area contributed by atoms with Gasteiger partial charge in [0.1, 0.15) is 5.82 Å².